The number of carbonyl (C=O) groups is 1. The van der Waals surface area contributed by atoms with Crippen molar-refractivity contribution in [2.75, 3.05) is 7.11 Å². The number of rotatable bonds is 1. The SMILES string of the molecule is CCC#Cc1cccc(C(=O)OC)c1Br. The van der Waals surface area contributed by atoms with Gasteiger partial charge in [0.05, 0.1) is 12.7 Å². The minimum atomic E-state index is -0.359. The lowest BCUT2D eigenvalue weighted by Crippen LogP contribution is -2.02. The van der Waals surface area contributed by atoms with Crippen LogP contribution in [0.3, 0.4) is 0 Å². The summed E-state index contributed by atoms with van der Waals surface area (Å²) in [7, 11) is 1.36. The van der Waals surface area contributed by atoms with Crippen molar-refractivity contribution in [2.24, 2.45) is 0 Å². The van der Waals surface area contributed by atoms with Gasteiger partial charge in [0.1, 0.15) is 0 Å². The van der Waals surface area contributed by atoms with Crippen LogP contribution in [-0.2, 0) is 4.74 Å². The van der Waals surface area contributed by atoms with E-state index in [9.17, 15) is 4.79 Å². The first-order chi connectivity index (χ1) is 7.20. The van der Waals surface area contributed by atoms with E-state index in [-0.39, 0.29) is 5.97 Å². The zero-order chi connectivity index (χ0) is 11.3. The van der Waals surface area contributed by atoms with Crippen LogP contribution in [0.2, 0.25) is 0 Å². The summed E-state index contributed by atoms with van der Waals surface area (Å²) in [6.07, 6.45) is 0.787. The molecule has 0 radical (unpaired) electrons. The Morgan fingerprint density at radius 1 is 1.53 bits per heavy atom. The van der Waals surface area contributed by atoms with Gasteiger partial charge in [-0.15, -0.1) is 0 Å². The number of methoxy groups -OCH3 is 1. The third-order valence-corrected chi connectivity index (χ3v) is 2.66. The second-order valence-corrected chi connectivity index (χ2v) is 3.61. The molecule has 0 heterocycles. The fraction of sp³-hybridized carbons (Fsp3) is 0.250. The Labute approximate surface area is 97.8 Å². The highest BCUT2D eigenvalue weighted by atomic mass is 79.9. The van der Waals surface area contributed by atoms with E-state index in [1.165, 1.54) is 7.11 Å². The van der Waals surface area contributed by atoms with Crippen molar-refractivity contribution in [3.8, 4) is 11.8 Å². The van der Waals surface area contributed by atoms with Crippen LogP contribution in [0.5, 0.6) is 0 Å². The zero-order valence-corrected chi connectivity index (χ0v) is 10.2. The van der Waals surface area contributed by atoms with Crippen molar-refractivity contribution in [2.45, 2.75) is 13.3 Å². The fourth-order valence-corrected chi connectivity index (χ4v) is 1.61. The summed E-state index contributed by atoms with van der Waals surface area (Å²) in [5.41, 5.74) is 1.31. The average Bonchev–Trinajstić information content (AvgIpc) is 2.27. The Balaban J connectivity index is 3.17. The van der Waals surface area contributed by atoms with E-state index < -0.39 is 0 Å². The summed E-state index contributed by atoms with van der Waals surface area (Å²) in [4.78, 5) is 11.4. The first kappa shape index (κ1) is 11.8. The highest BCUT2D eigenvalue weighted by Crippen LogP contribution is 2.21. The van der Waals surface area contributed by atoms with Crippen molar-refractivity contribution in [3.05, 3.63) is 33.8 Å². The highest BCUT2D eigenvalue weighted by molar-refractivity contribution is 9.10. The maximum absolute atomic E-state index is 11.4. The van der Waals surface area contributed by atoms with Crippen LogP contribution in [-0.4, -0.2) is 13.1 Å². The Morgan fingerprint density at radius 3 is 2.87 bits per heavy atom. The predicted molar refractivity (Wildman–Crippen MR) is 62.7 cm³/mol. The van der Waals surface area contributed by atoms with Crippen molar-refractivity contribution in [1.29, 1.82) is 0 Å². The molecule has 0 N–H and O–H groups in total. The van der Waals surface area contributed by atoms with E-state index in [2.05, 4.69) is 32.5 Å². The molecule has 1 aromatic carbocycles. The standard InChI is InChI=1S/C12H11BrO2/c1-3-4-6-9-7-5-8-10(11(9)13)12(14)15-2/h5,7-8H,3H2,1-2H3. The van der Waals surface area contributed by atoms with Gasteiger partial charge in [0.15, 0.2) is 0 Å². The number of benzene rings is 1. The molecule has 3 heteroatoms. The third kappa shape index (κ3) is 2.84. The van der Waals surface area contributed by atoms with E-state index in [0.717, 1.165) is 12.0 Å². The van der Waals surface area contributed by atoms with Gasteiger partial charge < -0.3 is 4.74 Å². The van der Waals surface area contributed by atoms with Gasteiger partial charge in [-0.05, 0) is 28.1 Å². The number of hydrogen-bond acceptors (Lipinski definition) is 2. The molecule has 0 atom stereocenters. The molecule has 0 aliphatic rings. The van der Waals surface area contributed by atoms with E-state index in [1.54, 1.807) is 12.1 Å². The number of ether oxygens (including phenoxy) is 1. The summed E-state index contributed by atoms with van der Waals surface area (Å²) >= 11 is 3.35. The summed E-state index contributed by atoms with van der Waals surface area (Å²) in [5.74, 6) is 5.58. The van der Waals surface area contributed by atoms with E-state index in [1.807, 2.05) is 13.0 Å². The van der Waals surface area contributed by atoms with Crippen LogP contribution in [0.4, 0.5) is 0 Å². The first-order valence-electron chi connectivity index (χ1n) is 4.56. The van der Waals surface area contributed by atoms with Crippen molar-refractivity contribution >= 4 is 21.9 Å². The van der Waals surface area contributed by atoms with Crippen LogP contribution in [0.1, 0.15) is 29.3 Å². The molecule has 0 aromatic heterocycles. The maximum atomic E-state index is 11.4. The normalized spacial score (nSPS) is 9.00. The number of halogens is 1. The van der Waals surface area contributed by atoms with Crippen LogP contribution in [0.25, 0.3) is 0 Å². The predicted octanol–water partition coefficient (Wildman–Crippen LogP) is 3.00. The van der Waals surface area contributed by atoms with Gasteiger partial charge in [-0.3, -0.25) is 0 Å². The molecule has 0 saturated carbocycles. The van der Waals surface area contributed by atoms with Gasteiger partial charge in [0.2, 0.25) is 0 Å². The molecule has 0 unspecified atom stereocenters. The molecule has 0 aliphatic heterocycles. The molecular weight excluding hydrogens is 256 g/mol. The third-order valence-electron chi connectivity index (χ3n) is 1.80. The van der Waals surface area contributed by atoms with Gasteiger partial charge in [-0.25, -0.2) is 4.79 Å². The Kier molecular flexibility index (Phi) is 4.38. The summed E-state index contributed by atoms with van der Waals surface area (Å²) in [6, 6.07) is 5.35. The van der Waals surface area contributed by atoms with E-state index >= 15 is 0 Å². The highest BCUT2D eigenvalue weighted by Gasteiger charge is 2.11. The summed E-state index contributed by atoms with van der Waals surface area (Å²) in [5, 5.41) is 0. The van der Waals surface area contributed by atoms with E-state index in [0.29, 0.717) is 10.0 Å². The Bertz CT molecular complexity index is 427. The molecule has 1 aromatic rings. The lowest BCUT2D eigenvalue weighted by molar-refractivity contribution is 0.0599. The molecule has 0 bridgehead atoms. The fourth-order valence-electron chi connectivity index (χ4n) is 1.08. The quantitative estimate of drug-likeness (QED) is 0.577. The van der Waals surface area contributed by atoms with Crippen molar-refractivity contribution < 1.29 is 9.53 Å². The van der Waals surface area contributed by atoms with Crippen LogP contribution in [0.15, 0.2) is 22.7 Å². The molecule has 15 heavy (non-hydrogen) atoms. The molecule has 2 nitrogen and oxygen atoms in total. The molecule has 0 amide bonds. The molecule has 78 valence electrons. The van der Waals surface area contributed by atoms with Gasteiger partial charge in [-0.2, -0.15) is 0 Å². The van der Waals surface area contributed by atoms with Crippen LogP contribution in [0, 0.1) is 11.8 Å². The van der Waals surface area contributed by atoms with E-state index in [4.69, 9.17) is 0 Å². The lowest BCUT2D eigenvalue weighted by atomic mass is 10.1. The molecule has 0 saturated heterocycles. The van der Waals surface area contributed by atoms with Gasteiger partial charge in [0.25, 0.3) is 0 Å². The molecule has 0 aliphatic carbocycles. The molecule has 1 rings (SSSR count). The number of esters is 1. The summed E-state index contributed by atoms with van der Waals surface area (Å²) < 4.78 is 5.35. The maximum Gasteiger partial charge on any atom is 0.339 e. The average molecular weight is 267 g/mol. The molecule has 0 fully saturated rings. The van der Waals surface area contributed by atoms with Gasteiger partial charge in [0, 0.05) is 16.5 Å². The monoisotopic (exact) mass is 266 g/mol. The molecular formula is C12H11BrO2. The zero-order valence-electron chi connectivity index (χ0n) is 8.63. The first-order valence-corrected chi connectivity index (χ1v) is 5.35. The van der Waals surface area contributed by atoms with Gasteiger partial charge >= 0.3 is 5.97 Å². The number of carbonyl (C=O) groups excluding carboxylic acids is 1. The van der Waals surface area contributed by atoms with Gasteiger partial charge in [-0.1, -0.05) is 24.8 Å². The Hall–Kier alpha value is -1.27. The minimum Gasteiger partial charge on any atom is -0.465 e. The second-order valence-electron chi connectivity index (χ2n) is 2.81. The molecule has 0 spiro atoms. The lowest BCUT2D eigenvalue weighted by Gasteiger charge is -2.03. The minimum absolute atomic E-state index is 0.359. The van der Waals surface area contributed by atoms with Crippen LogP contribution < -0.4 is 0 Å². The van der Waals surface area contributed by atoms with Crippen molar-refractivity contribution in [3.63, 3.8) is 0 Å². The second kappa shape index (κ2) is 5.57. The van der Waals surface area contributed by atoms with Crippen molar-refractivity contribution in [1.82, 2.24) is 0 Å². The topological polar surface area (TPSA) is 26.3 Å². The smallest absolute Gasteiger partial charge is 0.339 e. The van der Waals surface area contributed by atoms with Crippen LogP contribution >= 0.6 is 15.9 Å². The number of hydrogen-bond donors (Lipinski definition) is 0. The summed E-state index contributed by atoms with van der Waals surface area (Å²) in [6.45, 7) is 1.98. The Morgan fingerprint density at radius 2 is 2.27 bits per heavy atom. The largest absolute Gasteiger partial charge is 0.465 e.